The predicted octanol–water partition coefficient (Wildman–Crippen LogP) is 11.7. The SMILES string of the molecule is COC(=O)N[C@H](C(=O)N1CCC[C@H]1c1nc(-c2ccc([C@@H]3CC[C@@H](c4ccc(-c5nc([C@@H]6CCCN6C(=O)[C@H](C(C)C)N(C)C(=O)O)[nH]c5Br)cc4)N3c3ccc(C(C)(C)C)cc3)cc2)c(Br)[nH]1)C(C)C. The molecule has 3 aliphatic heterocycles. The molecule has 0 bridgehead atoms. The van der Waals surface area contributed by atoms with Gasteiger partial charge < -0.3 is 39.8 Å². The van der Waals surface area contributed by atoms with E-state index in [0.29, 0.717) is 24.7 Å². The van der Waals surface area contributed by atoms with Gasteiger partial charge >= 0.3 is 12.2 Å². The fraction of sp³-hybridized carbons (Fsp3) is 0.481. The fourth-order valence-corrected chi connectivity index (χ4v) is 11.9. The fourth-order valence-electron chi connectivity index (χ4n) is 10.8. The van der Waals surface area contributed by atoms with Gasteiger partial charge in [0.15, 0.2) is 0 Å². The van der Waals surface area contributed by atoms with Crippen molar-refractivity contribution in [1.82, 2.24) is 40.0 Å². The van der Waals surface area contributed by atoms with E-state index in [1.54, 1.807) is 4.90 Å². The van der Waals surface area contributed by atoms with Crippen LogP contribution in [0, 0.1) is 11.8 Å². The minimum atomic E-state index is -1.13. The molecule has 5 aromatic rings. The smallest absolute Gasteiger partial charge is 0.407 e. The van der Waals surface area contributed by atoms with E-state index in [0.717, 1.165) is 80.8 Å². The number of carboxylic acid groups (broad SMARTS) is 1. The van der Waals surface area contributed by atoms with Gasteiger partial charge in [0, 0.05) is 37.0 Å². The molecule has 17 heteroatoms. The Morgan fingerprint density at radius 1 is 0.704 bits per heavy atom. The topological polar surface area (TPSA) is 180 Å². The monoisotopic (exact) mass is 1100 g/mol. The van der Waals surface area contributed by atoms with Crippen LogP contribution >= 0.6 is 31.9 Å². The molecular formula is C54H67Br2N9O6. The maximum absolute atomic E-state index is 13.9. The molecule has 15 nitrogen and oxygen atoms in total. The molecule has 4 N–H and O–H groups in total. The van der Waals surface area contributed by atoms with Crippen molar-refractivity contribution in [3.63, 3.8) is 0 Å². The summed E-state index contributed by atoms with van der Waals surface area (Å²) in [5.41, 5.74) is 8.24. The van der Waals surface area contributed by atoms with Gasteiger partial charge in [-0.25, -0.2) is 19.6 Å². The summed E-state index contributed by atoms with van der Waals surface area (Å²) < 4.78 is 6.29. The lowest BCUT2D eigenvalue weighted by atomic mass is 9.87. The number of carbonyl (C=O) groups is 4. The number of H-pyrrole nitrogens is 2. The minimum Gasteiger partial charge on any atom is -0.465 e. The van der Waals surface area contributed by atoms with Crippen molar-refractivity contribution in [3.05, 3.63) is 110 Å². The number of aromatic amines is 2. The van der Waals surface area contributed by atoms with E-state index < -0.39 is 24.3 Å². The molecule has 4 amide bonds. The molecule has 3 aromatic carbocycles. The highest BCUT2D eigenvalue weighted by atomic mass is 79.9. The predicted molar refractivity (Wildman–Crippen MR) is 282 cm³/mol. The number of rotatable bonds is 13. The largest absolute Gasteiger partial charge is 0.465 e. The van der Waals surface area contributed by atoms with Gasteiger partial charge in [0.05, 0.1) is 31.3 Å². The highest BCUT2D eigenvalue weighted by Crippen LogP contribution is 2.48. The van der Waals surface area contributed by atoms with Gasteiger partial charge in [-0.1, -0.05) is 109 Å². The number of benzene rings is 3. The number of halogens is 2. The Labute approximate surface area is 433 Å². The van der Waals surface area contributed by atoms with Crippen LogP contribution in [0.25, 0.3) is 22.5 Å². The van der Waals surface area contributed by atoms with E-state index >= 15 is 0 Å². The Balaban J connectivity index is 1.03. The Hall–Kier alpha value is -5.68. The standard InChI is InChI=1S/C54H67Br2N9O6/c1-30(2)42(59-52(68)71-9)50(66)63-28-10-12-40(63)48-57-43(46(55)60-48)34-18-14-32(15-19-34)38-26-27-39(65(38)37-24-22-36(23-25-37)54(5,6)7)33-16-20-35(21-17-33)44-47(56)61-49(58-44)41-13-11-29-64(41)51(67)45(31(3)4)62(8)53(69)70/h14-25,30-31,38-42,45H,10-13,26-29H2,1-9H3,(H,57,60)(H,58,61)(H,59,68)(H,69,70)/t38-,39-,40-,41-,42-,45-/m0/s1. The number of carbonyl (C=O) groups excluding carboxylic acids is 3. The minimum absolute atomic E-state index is 0.0117. The highest BCUT2D eigenvalue weighted by Gasteiger charge is 2.41. The molecule has 3 fully saturated rings. The summed E-state index contributed by atoms with van der Waals surface area (Å²) in [4.78, 5) is 76.0. The van der Waals surface area contributed by atoms with E-state index in [-0.39, 0.29) is 53.2 Å². The highest BCUT2D eigenvalue weighted by molar-refractivity contribution is 9.10. The van der Waals surface area contributed by atoms with Gasteiger partial charge in [0.2, 0.25) is 11.8 Å². The zero-order chi connectivity index (χ0) is 51.1. The molecule has 0 radical (unpaired) electrons. The number of amides is 4. The number of ether oxygens (including phenoxy) is 1. The number of imidazole rings is 2. The van der Waals surface area contributed by atoms with Gasteiger partial charge in [-0.15, -0.1) is 0 Å². The Bertz CT molecular complexity index is 2710. The number of hydrogen-bond donors (Lipinski definition) is 4. The van der Waals surface area contributed by atoms with Gasteiger partial charge in [0.1, 0.15) is 44.3 Å². The van der Waals surface area contributed by atoms with Crippen molar-refractivity contribution in [1.29, 1.82) is 0 Å². The van der Waals surface area contributed by atoms with Crippen LogP contribution in [0.4, 0.5) is 15.3 Å². The number of methoxy groups -OCH3 is 1. The normalized spacial score (nSPS) is 20.2. The number of hydrogen-bond acceptors (Lipinski definition) is 8. The maximum atomic E-state index is 13.9. The third-order valence-corrected chi connectivity index (χ3v) is 15.8. The van der Waals surface area contributed by atoms with E-state index in [2.05, 4.69) is 146 Å². The number of likely N-dealkylation sites (N-methyl/N-ethyl adjacent to an activating group) is 1. The van der Waals surface area contributed by atoms with Crippen molar-refractivity contribution < 1.29 is 29.0 Å². The summed E-state index contributed by atoms with van der Waals surface area (Å²) in [5, 5.41) is 12.5. The van der Waals surface area contributed by atoms with Crippen molar-refractivity contribution in [2.45, 2.75) is 129 Å². The number of nitrogens with zero attached hydrogens (tertiary/aromatic N) is 6. The number of anilines is 1. The van der Waals surface area contributed by atoms with E-state index in [1.807, 2.05) is 32.6 Å². The van der Waals surface area contributed by atoms with Gasteiger partial charge in [-0.2, -0.15) is 0 Å². The Kier molecular flexibility index (Phi) is 15.4. The first-order valence-corrected chi connectivity index (χ1v) is 26.4. The zero-order valence-electron chi connectivity index (χ0n) is 42.1. The first-order valence-electron chi connectivity index (χ1n) is 24.8. The van der Waals surface area contributed by atoms with Crippen LogP contribution in [0.3, 0.4) is 0 Å². The van der Waals surface area contributed by atoms with Crippen LogP contribution in [-0.2, 0) is 19.7 Å². The van der Waals surface area contributed by atoms with Gasteiger partial charge in [-0.05, 0) is 116 Å². The second-order valence-corrected chi connectivity index (χ2v) is 22.5. The summed E-state index contributed by atoms with van der Waals surface area (Å²) in [7, 11) is 2.75. The molecule has 0 unspecified atom stereocenters. The molecule has 0 aliphatic carbocycles. The number of aromatic nitrogens is 4. The molecule has 0 spiro atoms. The average molecular weight is 1100 g/mol. The second-order valence-electron chi connectivity index (χ2n) is 20.9. The third kappa shape index (κ3) is 10.6. The molecule has 0 saturated carbocycles. The first kappa shape index (κ1) is 51.7. The van der Waals surface area contributed by atoms with E-state index in [4.69, 9.17) is 14.7 Å². The average Bonchev–Trinajstić information content (AvgIpc) is 4.21. The van der Waals surface area contributed by atoms with Crippen molar-refractivity contribution in [3.8, 4) is 22.5 Å². The zero-order valence-corrected chi connectivity index (χ0v) is 45.3. The Morgan fingerprint density at radius 3 is 1.58 bits per heavy atom. The molecule has 71 heavy (non-hydrogen) atoms. The molecule has 378 valence electrons. The van der Waals surface area contributed by atoms with Gasteiger partial charge in [0.25, 0.3) is 0 Å². The molecule has 2 aromatic heterocycles. The number of nitrogens with one attached hydrogen (secondary N) is 3. The summed E-state index contributed by atoms with van der Waals surface area (Å²) in [6, 6.07) is 24.5. The number of likely N-dealkylation sites (tertiary alicyclic amines) is 2. The van der Waals surface area contributed by atoms with Crippen molar-refractivity contribution in [2.24, 2.45) is 11.8 Å². The van der Waals surface area contributed by atoms with Crippen molar-refractivity contribution >= 4 is 61.5 Å². The third-order valence-electron chi connectivity index (χ3n) is 14.6. The first-order chi connectivity index (χ1) is 33.8. The van der Waals surface area contributed by atoms with Crippen LogP contribution in [-0.4, -0.2) is 103 Å². The van der Waals surface area contributed by atoms with E-state index in [9.17, 15) is 24.3 Å². The lowest BCUT2D eigenvalue weighted by Crippen LogP contribution is -2.51. The summed E-state index contributed by atoms with van der Waals surface area (Å²) in [5.74, 6) is 0.700. The van der Waals surface area contributed by atoms with Crippen LogP contribution < -0.4 is 10.2 Å². The van der Waals surface area contributed by atoms with Crippen LogP contribution in [0.2, 0.25) is 0 Å². The van der Waals surface area contributed by atoms with Crippen LogP contribution in [0.15, 0.2) is 82.0 Å². The molecule has 3 saturated heterocycles. The summed E-state index contributed by atoms with van der Waals surface area (Å²) >= 11 is 7.49. The lowest BCUT2D eigenvalue weighted by Gasteiger charge is -2.34. The van der Waals surface area contributed by atoms with Crippen LogP contribution in [0.5, 0.6) is 0 Å². The molecule has 3 aliphatic rings. The van der Waals surface area contributed by atoms with Crippen LogP contribution in [0.1, 0.15) is 139 Å². The summed E-state index contributed by atoms with van der Waals surface area (Å²) in [6.07, 6.45) is 3.24. The maximum Gasteiger partial charge on any atom is 0.407 e. The summed E-state index contributed by atoms with van der Waals surface area (Å²) in [6.45, 7) is 15.4. The molecule has 8 rings (SSSR count). The number of alkyl carbamates (subject to hydrolysis) is 1. The van der Waals surface area contributed by atoms with E-state index in [1.165, 1.54) is 30.8 Å². The molecular weight excluding hydrogens is 1030 g/mol. The molecule has 6 atom stereocenters. The Morgan fingerprint density at radius 2 is 1.17 bits per heavy atom. The van der Waals surface area contributed by atoms with Crippen molar-refractivity contribution in [2.75, 3.05) is 32.1 Å². The molecule has 5 heterocycles. The second kappa shape index (κ2) is 21.2. The lowest BCUT2D eigenvalue weighted by molar-refractivity contribution is -0.138. The van der Waals surface area contributed by atoms with Gasteiger partial charge in [-0.3, -0.25) is 14.5 Å². The quantitative estimate of drug-likeness (QED) is 0.0892.